The number of benzene rings is 2. The molecule has 0 aromatic heterocycles. The van der Waals surface area contributed by atoms with Gasteiger partial charge in [0.25, 0.3) is 0 Å². The summed E-state index contributed by atoms with van der Waals surface area (Å²) in [6.45, 7) is 3.59. The summed E-state index contributed by atoms with van der Waals surface area (Å²) in [6.07, 6.45) is 0. The summed E-state index contributed by atoms with van der Waals surface area (Å²) in [5, 5.41) is 4.84. The maximum absolute atomic E-state index is 6.22. The highest BCUT2D eigenvalue weighted by atomic mass is 35.5. The lowest BCUT2D eigenvalue weighted by Crippen LogP contribution is -2.12. The van der Waals surface area contributed by atoms with Crippen LogP contribution in [0.2, 0.25) is 15.1 Å². The highest BCUT2D eigenvalue weighted by Gasteiger charge is 2.10. The zero-order valence-corrected chi connectivity index (χ0v) is 13.2. The standard InChI is InChI=1S/C15H14Cl3NO/c1-2-19-9-10-4-3-5-14(18)15(10)20-13-7-11(16)6-12(17)8-13/h3-8,19H,2,9H2,1H3. The quantitative estimate of drug-likeness (QED) is 0.776. The summed E-state index contributed by atoms with van der Waals surface area (Å²) in [4.78, 5) is 0. The van der Waals surface area contributed by atoms with Crippen molar-refractivity contribution < 1.29 is 4.74 Å². The molecular formula is C15H14Cl3NO. The lowest BCUT2D eigenvalue weighted by Gasteiger charge is -2.13. The number of rotatable bonds is 5. The Morgan fingerprint density at radius 2 is 1.75 bits per heavy atom. The predicted molar refractivity (Wildman–Crippen MR) is 85.4 cm³/mol. The summed E-state index contributed by atoms with van der Waals surface area (Å²) in [7, 11) is 0. The Labute approximate surface area is 133 Å². The molecule has 20 heavy (non-hydrogen) atoms. The summed E-state index contributed by atoms with van der Waals surface area (Å²) >= 11 is 18.2. The van der Waals surface area contributed by atoms with Crippen molar-refractivity contribution in [3.63, 3.8) is 0 Å². The molecule has 0 aliphatic heterocycles. The SMILES string of the molecule is CCNCc1cccc(Cl)c1Oc1cc(Cl)cc(Cl)c1. The van der Waals surface area contributed by atoms with Crippen LogP contribution in [0.25, 0.3) is 0 Å². The number of para-hydroxylation sites is 1. The van der Waals surface area contributed by atoms with Crippen molar-refractivity contribution in [2.75, 3.05) is 6.54 Å². The summed E-state index contributed by atoms with van der Waals surface area (Å²) in [5.41, 5.74) is 0.982. The third kappa shape index (κ3) is 4.03. The molecule has 0 bridgehead atoms. The van der Waals surface area contributed by atoms with E-state index in [2.05, 4.69) is 5.32 Å². The molecule has 0 fully saturated rings. The van der Waals surface area contributed by atoms with Crippen LogP contribution < -0.4 is 10.1 Å². The van der Waals surface area contributed by atoms with E-state index in [1.807, 2.05) is 19.1 Å². The van der Waals surface area contributed by atoms with Crippen molar-refractivity contribution in [1.82, 2.24) is 5.32 Å². The number of halogens is 3. The van der Waals surface area contributed by atoms with Crippen LogP contribution in [0, 0.1) is 0 Å². The Morgan fingerprint density at radius 1 is 1.05 bits per heavy atom. The van der Waals surface area contributed by atoms with Crippen molar-refractivity contribution in [1.29, 1.82) is 0 Å². The Bertz CT molecular complexity index is 581. The molecule has 0 aliphatic carbocycles. The van der Waals surface area contributed by atoms with E-state index < -0.39 is 0 Å². The van der Waals surface area contributed by atoms with Crippen LogP contribution in [0.5, 0.6) is 11.5 Å². The highest BCUT2D eigenvalue weighted by molar-refractivity contribution is 6.34. The first kappa shape index (κ1) is 15.5. The van der Waals surface area contributed by atoms with Crippen LogP contribution in [0.15, 0.2) is 36.4 Å². The topological polar surface area (TPSA) is 21.3 Å². The smallest absolute Gasteiger partial charge is 0.150 e. The maximum Gasteiger partial charge on any atom is 0.150 e. The maximum atomic E-state index is 6.22. The Balaban J connectivity index is 2.31. The van der Waals surface area contributed by atoms with E-state index in [1.165, 1.54) is 0 Å². The molecule has 2 rings (SSSR count). The number of nitrogens with one attached hydrogen (secondary N) is 1. The van der Waals surface area contributed by atoms with Gasteiger partial charge in [-0.05, 0) is 30.8 Å². The first-order valence-corrected chi connectivity index (χ1v) is 7.35. The predicted octanol–water partition coefficient (Wildman–Crippen LogP) is 5.55. The van der Waals surface area contributed by atoms with Crippen LogP contribution in [0.3, 0.4) is 0 Å². The number of hydrogen-bond acceptors (Lipinski definition) is 2. The van der Waals surface area contributed by atoms with Gasteiger partial charge in [0.15, 0.2) is 0 Å². The van der Waals surface area contributed by atoms with Gasteiger partial charge in [0.05, 0.1) is 5.02 Å². The van der Waals surface area contributed by atoms with Crippen molar-refractivity contribution in [2.45, 2.75) is 13.5 Å². The van der Waals surface area contributed by atoms with Crippen molar-refractivity contribution >= 4 is 34.8 Å². The van der Waals surface area contributed by atoms with Gasteiger partial charge in [-0.3, -0.25) is 0 Å². The molecule has 106 valence electrons. The van der Waals surface area contributed by atoms with Crippen LogP contribution in [0.1, 0.15) is 12.5 Å². The van der Waals surface area contributed by atoms with Gasteiger partial charge in [0.1, 0.15) is 11.5 Å². The monoisotopic (exact) mass is 329 g/mol. The third-order valence-electron chi connectivity index (χ3n) is 2.67. The zero-order chi connectivity index (χ0) is 14.5. The molecule has 2 nitrogen and oxygen atoms in total. The summed E-state index contributed by atoms with van der Waals surface area (Å²) in [6, 6.07) is 10.7. The third-order valence-corrected chi connectivity index (χ3v) is 3.40. The van der Waals surface area contributed by atoms with Gasteiger partial charge in [-0.15, -0.1) is 0 Å². The van der Waals surface area contributed by atoms with Crippen molar-refractivity contribution in [2.24, 2.45) is 0 Å². The van der Waals surface area contributed by atoms with E-state index in [1.54, 1.807) is 24.3 Å². The van der Waals surface area contributed by atoms with Crippen LogP contribution >= 0.6 is 34.8 Å². The van der Waals surface area contributed by atoms with Crippen LogP contribution in [-0.2, 0) is 6.54 Å². The van der Waals surface area contributed by atoms with Gasteiger partial charge < -0.3 is 10.1 Å². The highest BCUT2D eigenvalue weighted by Crippen LogP contribution is 2.35. The molecule has 1 N–H and O–H groups in total. The van der Waals surface area contributed by atoms with Gasteiger partial charge in [-0.25, -0.2) is 0 Å². The largest absolute Gasteiger partial charge is 0.455 e. The molecule has 0 amide bonds. The molecule has 2 aromatic carbocycles. The van der Waals surface area contributed by atoms with Crippen LogP contribution in [-0.4, -0.2) is 6.54 Å². The molecule has 0 spiro atoms. The van der Waals surface area contributed by atoms with Gasteiger partial charge in [0, 0.05) is 22.2 Å². The average Bonchev–Trinajstić information content (AvgIpc) is 2.38. The Kier molecular flexibility index (Phi) is 5.55. The van der Waals surface area contributed by atoms with Gasteiger partial charge in [-0.1, -0.05) is 53.9 Å². The molecule has 2 aromatic rings. The molecule has 0 radical (unpaired) electrons. The normalized spacial score (nSPS) is 10.6. The Hall–Kier alpha value is -0.930. The second-order valence-corrected chi connectivity index (χ2v) is 5.50. The molecule has 0 heterocycles. The molecule has 0 unspecified atom stereocenters. The van der Waals surface area contributed by atoms with E-state index in [0.717, 1.165) is 12.1 Å². The summed E-state index contributed by atoms with van der Waals surface area (Å²) < 4.78 is 5.86. The van der Waals surface area contributed by atoms with E-state index in [-0.39, 0.29) is 0 Å². The summed E-state index contributed by atoms with van der Waals surface area (Å²) in [5.74, 6) is 1.18. The lowest BCUT2D eigenvalue weighted by molar-refractivity contribution is 0.473. The van der Waals surface area contributed by atoms with E-state index in [9.17, 15) is 0 Å². The van der Waals surface area contributed by atoms with Crippen LogP contribution in [0.4, 0.5) is 0 Å². The molecule has 0 saturated carbocycles. The molecule has 5 heteroatoms. The number of hydrogen-bond donors (Lipinski definition) is 1. The fraction of sp³-hybridized carbons (Fsp3) is 0.200. The average molecular weight is 331 g/mol. The first-order chi connectivity index (χ1) is 9.60. The first-order valence-electron chi connectivity index (χ1n) is 6.22. The fourth-order valence-electron chi connectivity index (χ4n) is 1.77. The lowest BCUT2D eigenvalue weighted by atomic mass is 10.2. The van der Waals surface area contributed by atoms with Crippen molar-refractivity contribution in [3.05, 3.63) is 57.0 Å². The minimum Gasteiger partial charge on any atom is -0.455 e. The molecule has 0 aliphatic rings. The van der Waals surface area contributed by atoms with Gasteiger partial charge in [-0.2, -0.15) is 0 Å². The van der Waals surface area contributed by atoms with E-state index >= 15 is 0 Å². The van der Waals surface area contributed by atoms with Crippen molar-refractivity contribution in [3.8, 4) is 11.5 Å². The second-order valence-electron chi connectivity index (χ2n) is 4.22. The minimum absolute atomic E-state index is 0.521. The second kappa shape index (κ2) is 7.19. The van der Waals surface area contributed by atoms with E-state index in [4.69, 9.17) is 39.5 Å². The van der Waals surface area contributed by atoms with Gasteiger partial charge in [0.2, 0.25) is 0 Å². The molecule has 0 atom stereocenters. The van der Waals surface area contributed by atoms with Gasteiger partial charge >= 0.3 is 0 Å². The number of ether oxygens (including phenoxy) is 1. The Morgan fingerprint density at radius 3 is 2.40 bits per heavy atom. The van der Waals surface area contributed by atoms with E-state index in [0.29, 0.717) is 33.1 Å². The molecule has 0 saturated heterocycles. The minimum atomic E-state index is 0.521. The zero-order valence-electron chi connectivity index (χ0n) is 10.9. The molecular weight excluding hydrogens is 317 g/mol. The fourth-order valence-corrected chi connectivity index (χ4v) is 2.51.